The second-order valence-electron chi connectivity index (χ2n) is 4.79. The number of rotatable bonds is 3. The summed E-state index contributed by atoms with van der Waals surface area (Å²) < 4.78 is 13.7. The zero-order chi connectivity index (χ0) is 15.7. The smallest absolute Gasteiger partial charge is 0.305 e. The molecule has 7 heteroatoms. The average molecular weight is 298 g/mol. The molecule has 0 aliphatic rings. The Bertz CT molecular complexity index is 883. The number of fused-ring (bicyclic) bond motifs is 1. The van der Waals surface area contributed by atoms with Gasteiger partial charge in [0.2, 0.25) is 5.82 Å². The number of aryl methyl sites for hydroxylation is 1. The number of nitro benzene ring substituents is 1. The van der Waals surface area contributed by atoms with Gasteiger partial charge in [-0.1, -0.05) is 12.1 Å². The summed E-state index contributed by atoms with van der Waals surface area (Å²) in [7, 11) is 0. The predicted octanol–water partition coefficient (Wildman–Crippen LogP) is 3.73. The lowest BCUT2D eigenvalue weighted by Crippen LogP contribution is -1.99. The Kier molecular flexibility index (Phi) is 3.38. The lowest BCUT2D eigenvalue weighted by atomic mass is 10.2. The number of nitrogens with zero attached hydrogens (tertiary/aromatic N) is 3. The first-order valence-corrected chi connectivity index (χ1v) is 6.47. The van der Waals surface area contributed by atoms with Crippen LogP contribution in [0.25, 0.3) is 10.9 Å². The van der Waals surface area contributed by atoms with Crippen LogP contribution in [0.3, 0.4) is 0 Å². The lowest BCUT2D eigenvalue weighted by molar-refractivity contribution is -0.387. The van der Waals surface area contributed by atoms with Gasteiger partial charge in [-0.15, -0.1) is 0 Å². The van der Waals surface area contributed by atoms with Crippen molar-refractivity contribution in [3.8, 4) is 0 Å². The van der Waals surface area contributed by atoms with E-state index in [1.807, 2.05) is 31.2 Å². The van der Waals surface area contributed by atoms with Gasteiger partial charge in [-0.3, -0.25) is 10.1 Å². The Morgan fingerprint density at radius 2 is 2.05 bits per heavy atom. The van der Waals surface area contributed by atoms with Gasteiger partial charge in [0.25, 0.3) is 0 Å². The van der Waals surface area contributed by atoms with Crippen LogP contribution < -0.4 is 5.32 Å². The van der Waals surface area contributed by atoms with E-state index in [0.29, 0.717) is 16.7 Å². The van der Waals surface area contributed by atoms with Crippen LogP contribution in [0.1, 0.15) is 5.56 Å². The molecule has 1 heterocycles. The van der Waals surface area contributed by atoms with E-state index < -0.39 is 16.4 Å². The van der Waals surface area contributed by atoms with Crippen LogP contribution in [0, 0.1) is 22.9 Å². The topological polar surface area (TPSA) is 81.0 Å². The Morgan fingerprint density at radius 3 is 2.77 bits per heavy atom. The maximum absolute atomic E-state index is 13.7. The summed E-state index contributed by atoms with van der Waals surface area (Å²) in [5.41, 5.74) is 1.54. The summed E-state index contributed by atoms with van der Waals surface area (Å²) in [6.45, 7) is 1.95. The van der Waals surface area contributed by atoms with Crippen LogP contribution in [0.5, 0.6) is 0 Å². The molecule has 0 atom stereocenters. The summed E-state index contributed by atoms with van der Waals surface area (Å²) in [5, 5.41) is 14.3. The summed E-state index contributed by atoms with van der Waals surface area (Å²) in [6, 6.07) is 9.76. The summed E-state index contributed by atoms with van der Waals surface area (Å²) in [6.07, 6.45) is 1.28. The second kappa shape index (κ2) is 5.36. The first kappa shape index (κ1) is 13.9. The molecule has 110 valence electrons. The van der Waals surface area contributed by atoms with Crippen molar-refractivity contribution >= 4 is 28.1 Å². The van der Waals surface area contributed by atoms with Gasteiger partial charge in [0.15, 0.2) is 0 Å². The molecule has 0 amide bonds. The molecule has 0 bridgehead atoms. The van der Waals surface area contributed by atoms with Crippen molar-refractivity contribution in [2.45, 2.75) is 6.92 Å². The third-order valence-electron chi connectivity index (χ3n) is 3.18. The van der Waals surface area contributed by atoms with Crippen LogP contribution in [-0.4, -0.2) is 14.9 Å². The van der Waals surface area contributed by atoms with Gasteiger partial charge >= 0.3 is 5.69 Å². The van der Waals surface area contributed by atoms with Gasteiger partial charge in [-0.05, 0) is 24.6 Å². The fraction of sp³-hybridized carbons (Fsp3) is 0.0667. The maximum atomic E-state index is 13.7. The molecule has 1 aromatic heterocycles. The van der Waals surface area contributed by atoms with E-state index in [1.54, 1.807) is 0 Å². The highest BCUT2D eigenvalue weighted by Crippen LogP contribution is 2.29. The molecular weight excluding hydrogens is 287 g/mol. The molecule has 0 aliphatic carbocycles. The first-order chi connectivity index (χ1) is 10.5. The molecule has 22 heavy (non-hydrogen) atoms. The van der Waals surface area contributed by atoms with E-state index in [1.165, 1.54) is 6.33 Å². The SMILES string of the molecule is Cc1cccc(Nc2ncnc3cc(F)c([N+](=O)[O-])cc23)c1. The number of hydrogen-bond acceptors (Lipinski definition) is 5. The number of halogens is 1. The van der Waals surface area contributed by atoms with Crippen LogP contribution in [0.2, 0.25) is 0 Å². The van der Waals surface area contributed by atoms with E-state index in [-0.39, 0.29) is 0 Å². The molecule has 0 fully saturated rings. The Balaban J connectivity index is 2.13. The van der Waals surface area contributed by atoms with Crippen LogP contribution >= 0.6 is 0 Å². The van der Waals surface area contributed by atoms with Crippen LogP contribution in [0.15, 0.2) is 42.7 Å². The largest absolute Gasteiger partial charge is 0.340 e. The van der Waals surface area contributed by atoms with Gasteiger partial charge < -0.3 is 5.32 Å². The molecule has 3 rings (SSSR count). The van der Waals surface area contributed by atoms with Gasteiger partial charge in [-0.2, -0.15) is 4.39 Å². The molecule has 3 aromatic rings. The predicted molar refractivity (Wildman–Crippen MR) is 80.6 cm³/mol. The van der Waals surface area contributed by atoms with Crippen molar-refractivity contribution in [2.24, 2.45) is 0 Å². The van der Waals surface area contributed by atoms with Crippen molar-refractivity contribution in [1.29, 1.82) is 0 Å². The van der Waals surface area contributed by atoms with E-state index in [4.69, 9.17) is 0 Å². The van der Waals surface area contributed by atoms with E-state index >= 15 is 0 Å². The fourth-order valence-corrected chi connectivity index (χ4v) is 2.17. The standard InChI is InChI=1S/C15H11FN4O2/c1-9-3-2-4-10(5-9)19-15-11-6-14(20(21)22)12(16)7-13(11)17-8-18-15/h2-8H,1H3,(H,17,18,19). The maximum Gasteiger partial charge on any atom is 0.305 e. The number of anilines is 2. The van der Waals surface area contributed by atoms with Crippen LogP contribution in [0.4, 0.5) is 21.6 Å². The molecule has 1 N–H and O–H groups in total. The third-order valence-corrected chi connectivity index (χ3v) is 3.18. The van der Waals surface area contributed by atoms with Crippen LogP contribution in [-0.2, 0) is 0 Å². The first-order valence-electron chi connectivity index (χ1n) is 6.47. The number of hydrogen-bond donors (Lipinski definition) is 1. The highest BCUT2D eigenvalue weighted by atomic mass is 19.1. The molecule has 0 spiro atoms. The Labute approximate surface area is 124 Å². The van der Waals surface area contributed by atoms with Crippen molar-refractivity contribution < 1.29 is 9.31 Å². The average Bonchev–Trinajstić information content (AvgIpc) is 2.46. The molecule has 2 aromatic carbocycles. The highest BCUT2D eigenvalue weighted by Gasteiger charge is 2.17. The Morgan fingerprint density at radius 1 is 1.23 bits per heavy atom. The quantitative estimate of drug-likeness (QED) is 0.588. The van der Waals surface area contributed by atoms with Crippen molar-refractivity contribution in [3.05, 3.63) is 64.2 Å². The third kappa shape index (κ3) is 2.56. The van der Waals surface area contributed by atoms with Gasteiger partial charge in [0, 0.05) is 17.8 Å². The summed E-state index contributed by atoms with van der Waals surface area (Å²) >= 11 is 0. The number of nitro groups is 1. The monoisotopic (exact) mass is 298 g/mol. The summed E-state index contributed by atoms with van der Waals surface area (Å²) in [4.78, 5) is 18.2. The number of benzene rings is 2. The van der Waals surface area contributed by atoms with Crippen molar-refractivity contribution in [2.75, 3.05) is 5.32 Å². The minimum Gasteiger partial charge on any atom is -0.340 e. The molecule has 0 unspecified atom stereocenters. The molecule has 0 saturated carbocycles. The van der Waals surface area contributed by atoms with Crippen molar-refractivity contribution in [1.82, 2.24) is 9.97 Å². The second-order valence-corrected chi connectivity index (χ2v) is 4.79. The number of aromatic nitrogens is 2. The fourth-order valence-electron chi connectivity index (χ4n) is 2.17. The molecule has 0 saturated heterocycles. The van der Waals surface area contributed by atoms with E-state index in [0.717, 1.165) is 23.4 Å². The molecule has 0 aliphatic heterocycles. The number of nitrogens with one attached hydrogen (secondary N) is 1. The van der Waals surface area contributed by atoms with E-state index in [9.17, 15) is 14.5 Å². The Hall–Kier alpha value is -3.09. The normalized spacial score (nSPS) is 10.6. The minimum absolute atomic E-state index is 0.299. The zero-order valence-corrected chi connectivity index (χ0v) is 11.6. The molecule has 0 radical (unpaired) electrons. The highest BCUT2D eigenvalue weighted by molar-refractivity contribution is 5.92. The molecule has 6 nitrogen and oxygen atoms in total. The van der Waals surface area contributed by atoms with Gasteiger partial charge in [0.05, 0.1) is 15.8 Å². The zero-order valence-electron chi connectivity index (χ0n) is 11.6. The van der Waals surface area contributed by atoms with E-state index in [2.05, 4.69) is 15.3 Å². The molecular formula is C15H11FN4O2. The van der Waals surface area contributed by atoms with Gasteiger partial charge in [-0.25, -0.2) is 9.97 Å². The van der Waals surface area contributed by atoms with Crippen molar-refractivity contribution in [3.63, 3.8) is 0 Å². The lowest BCUT2D eigenvalue weighted by Gasteiger charge is -2.09. The minimum atomic E-state index is -0.919. The van der Waals surface area contributed by atoms with Gasteiger partial charge in [0.1, 0.15) is 12.1 Å². The summed E-state index contributed by atoms with van der Waals surface area (Å²) in [5.74, 6) is -0.531.